The van der Waals surface area contributed by atoms with Gasteiger partial charge in [0.1, 0.15) is 17.3 Å². The van der Waals surface area contributed by atoms with E-state index in [4.69, 9.17) is 0 Å². The highest BCUT2D eigenvalue weighted by molar-refractivity contribution is 5.46. The summed E-state index contributed by atoms with van der Waals surface area (Å²) in [5.41, 5.74) is 2.66. The molecule has 1 aromatic heterocycles. The fourth-order valence-electron chi connectivity index (χ4n) is 1.62. The SMILES string of the molecule is Cc1ccc(O)c(CNc2ccc(C)c(F)c2)n1. The zero-order valence-corrected chi connectivity index (χ0v) is 10.4. The number of hydrogen-bond donors (Lipinski definition) is 2. The highest BCUT2D eigenvalue weighted by Gasteiger charge is 2.04. The largest absolute Gasteiger partial charge is 0.506 e. The van der Waals surface area contributed by atoms with E-state index in [2.05, 4.69) is 10.3 Å². The lowest BCUT2D eigenvalue weighted by atomic mass is 10.2. The van der Waals surface area contributed by atoms with Crippen molar-refractivity contribution in [3.63, 3.8) is 0 Å². The zero-order chi connectivity index (χ0) is 13.1. The molecule has 0 radical (unpaired) electrons. The maximum atomic E-state index is 13.3. The van der Waals surface area contributed by atoms with Crippen molar-refractivity contribution in [2.75, 3.05) is 5.32 Å². The quantitative estimate of drug-likeness (QED) is 0.874. The maximum absolute atomic E-state index is 13.3. The van der Waals surface area contributed by atoms with Crippen LogP contribution in [0, 0.1) is 19.7 Å². The summed E-state index contributed by atoms with van der Waals surface area (Å²) in [6.07, 6.45) is 0. The molecule has 3 nitrogen and oxygen atoms in total. The van der Waals surface area contributed by atoms with Gasteiger partial charge >= 0.3 is 0 Å². The van der Waals surface area contributed by atoms with E-state index in [1.807, 2.05) is 6.92 Å². The predicted octanol–water partition coefficient (Wildman–Crippen LogP) is 3.16. The smallest absolute Gasteiger partial charge is 0.138 e. The van der Waals surface area contributed by atoms with E-state index in [0.717, 1.165) is 5.69 Å². The van der Waals surface area contributed by atoms with Crippen molar-refractivity contribution < 1.29 is 9.50 Å². The average Bonchev–Trinajstić information content (AvgIpc) is 2.34. The molecule has 0 spiro atoms. The molecular formula is C14H15FN2O. The molecule has 2 aromatic rings. The van der Waals surface area contributed by atoms with E-state index in [0.29, 0.717) is 23.5 Å². The third-order valence-corrected chi connectivity index (χ3v) is 2.72. The van der Waals surface area contributed by atoms with Crippen molar-refractivity contribution in [2.24, 2.45) is 0 Å². The lowest BCUT2D eigenvalue weighted by Crippen LogP contribution is -2.03. The molecule has 0 fully saturated rings. The van der Waals surface area contributed by atoms with Crippen LogP contribution in [0.5, 0.6) is 5.75 Å². The molecule has 94 valence electrons. The van der Waals surface area contributed by atoms with E-state index < -0.39 is 0 Å². The van der Waals surface area contributed by atoms with Gasteiger partial charge in [0.15, 0.2) is 0 Å². The van der Waals surface area contributed by atoms with Crippen LogP contribution in [-0.2, 0) is 6.54 Å². The van der Waals surface area contributed by atoms with Crippen LogP contribution >= 0.6 is 0 Å². The van der Waals surface area contributed by atoms with Gasteiger partial charge < -0.3 is 10.4 Å². The van der Waals surface area contributed by atoms with Gasteiger partial charge in [-0.25, -0.2) is 4.39 Å². The Hall–Kier alpha value is -2.10. The summed E-state index contributed by atoms with van der Waals surface area (Å²) in [5.74, 6) is -0.109. The molecule has 0 aliphatic carbocycles. The topological polar surface area (TPSA) is 45.1 Å². The Morgan fingerprint density at radius 1 is 1.22 bits per heavy atom. The van der Waals surface area contributed by atoms with Crippen molar-refractivity contribution in [3.8, 4) is 5.75 Å². The fraction of sp³-hybridized carbons (Fsp3) is 0.214. The number of hydrogen-bond acceptors (Lipinski definition) is 3. The normalized spacial score (nSPS) is 10.4. The summed E-state index contributed by atoms with van der Waals surface area (Å²) >= 11 is 0. The van der Waals surface area contributed by atoms with Gasteiger partial charge in [-0.2, -0.15) is 0 Å². The van der Waals surface area contributed by atoms with Crippen LogP contribution in [0.1, 0.15) is 17.0 Å². The number of anilines is 1. The van der Waals surface area contributed by atoms with E-state index in [-0.39, 0.29) is 11.6 Å². The minimum absolute atomic E-state index is 0.140. The number of nitrogens with zero attached hydrogens (tertiary/aromatic N) is 1. The third kappa shape index (κ3) is 2.77. The van der Waals surface area contributed by atoms with Crippen molar-refractivity contribution >= 4 is 5.69 Å². The number of aryl methyl sites for hydroxylation is 2. The second kappa shape index (κ2) is 5.04. The molecule has 0 bridgehead atoms. The number of halogens is 1. The van der Waals surface area contributed by atoms with Gasteiger partial charge in [-0.3, -0.25) is 4.98 Å². The second-order valence-corrected chi connectivity index (χ2v) is 4.24. The summed E-state index contributed by atoms with van der Waals surface area (Å²) in [5, 5.41) is 12.7. The van der Waals surface area contributed by atoms with Crippen molar-refractivity contribution in [3.05, 3.63) is 53.1 Å². The minimum atomic E-state index is -0.249. The molecule has 1 aromatic carbocycles. The fourth-order valence-corrected chi connectivity index (χ4v) is 1.62. The van der Waals surface area contributed by atoms with Crippen LogP contribution in [0.3, 0.4) is 0 Å². The second-order valence-electron chi connectivity index (χ2n) is 4.24. The number of nitrogens with one attached hydrogen (secondary N) is 1. The number of aromatic nitrogens is 1. The standard InChI is InChI=1S/C14H15FN2O/c1-9-3-5-11(7-12(9)15)16-8-13-14(18)6-4-10(2)17-13/h3-7,16,18H,8H2,1-2H3. The van der Waals surface area contributed by atoms with Gasteiger partial charge in [0.2, 0.25) is 0 Å². The van der Waals surface area contributed by atoms with Crippen LogP contribution in [0.4, 0.5) is 10.1 Å². The summed E-state index contributed by atoms with van der Waals surface area (Å²) in [7, 11) is 0. The Bertz CT molecular complexity index is 570. The van der Waals surface area contributed by atoms with Crippen LogP contribution < -0.4 is 5.32 Å². The molecule has 2 rings (SSSR count). The Morgan fingerprint density at radius 2 is 2.00 bits per heavy atom. The predicted molar refractivity (Wildman–Crippen MR) is 69.1 cm³/mol. The molecule has 4 heteroatoms. The highest BCUT2D eigenvalue weighted by atomic mass is 19.1. The first kappa shape index (κ1) is 12.4. The van der Waals surface area contributed by atoms with E-state index in [1.165, 1.54) is 6.07 Å². The Labute approximate surface area is 105 Å². The highest BCUT2D eigenvalue weighted by Crippen LogP contribution is 2.18. The van der Waals surface area contributed by atoms with Crippen LogP contribution in [0.2, 0.25) is 0 Å². The van der Waals surface area contributed by atoms with Crippen molar-refractivity contribution in [2.45, 2.75) is 20.4 Å². The maximum Gasteiger partial charge on any atom is 0.138 e. The van der Waals surface area contributed by atoms with Crippen LogP contribution in [0.15, 0.2) is 30.3 Å². The Balaban J connectivity index is 2.11. The molecule has 0 aliphatic rings. The van der Waals surface area contributed by atoms with Gasteiger partial charge in [-0.15, -0.1) is 0 Å². The number of benzene rings is 1. The molecule has 18 heavy (non-hydrogen) atoms. The first-order chi connectivity index (χ1) is 8.56. The Morgan fingerprint density at radius 3 is 2.72 bits per heavy atom. The van der Waals surface area contributed by atoms with Gasteiger partial charge in [0.25, 0.3) is 0 Å². The van der Waals surface area contributed by atoms with Crippen molar-refractivity contribution in [1.29, 1.82) is 0 Å². The van der Waals surface area contributed by atoms with Gasteiger partial charge in [0, 0.05) is 11.4 Å². The van der Waals surface area contributed by atoms with E-state index >= 15 is 0 Å². The lowest BCUT2D eigenvalue weighted by molar-refractivity contribution is 0.464. The van der Waals surface area contributed by atoms with Crippen LogP contribution in [-0.4, -0.2) is 10.1 Å². The van der Waals surface area contributed by atoms with Gasteiger partial charge in [-0.05, 0) is 43.7 Å². The minimum Gasteiger partial charge on any atom is -0.506 e. The molecular weight excluding hydrogens is 231 g/mol. The molecule has 0 amide bonds. The zero-order valence-electron chi connectivity index (χ0n) is 10.4. The molecule has 0 atom stereocenters. The molecule has 1 heterocycles. The van der Waals surface area contributed by atoms with E-state index in [1.54, 1.807) is 31.2 Å². The monoisotopic (exact) mass is 246 g/mol. The van der Waals surface area contributed by atoms with Gasteiger partial charge in [0.05, 0.1) is 6.54 Å². The lowest BCUT2D eigenvalue weighted by Gasteiger charge is -2.09. The van der Waals surface area contributed by atoms with Crippen LogP contribution in [0.25, 0.3) is 0 Å². The molecule has 2 N–H and O–H groups in total. The third-order valence-electron chi connectivity index (χ3n) is 2.72. The molecule has 0 saturated carbocycles. The average molecular weight is 246 g/mol. The van der Waals surface area contributed by atoms with E-state index in [9.17, 15) is 9.50 Å². The molecule has 0 unspecified atom stereocenters. The molecule has 0 aliphatic heterocycles. The first-order valence-electron chi connectivity index (χ1n) is 5.72. The van der Waals surface area contributed by atoms with Gasteiger partial charge in [-0.1, -0.05) is 6.07 Å². The summed E-state index contributed by atoms with van der Waals surface area (Å²) in [4.78, 5) is 4.22. The Kier molecular flexibility index (Phi) is 3.46. The first-order valence-corrected chi connectivity index (χ1v) is 5.72. The summed E-state index contributed by atoms with van der Waals surface area (Å²) in [6.45, 7) is 3.93. The summed E-state index contributed by atoms with van der Waals surface area (Å²) < 4.78 is 13.3. The number of aromatic hydroxyl groups is 1. The summed E-state index contributed by atoms with van der Waals surface area (Å²) in [6, 6.07) is 8.29. The molecule has 0 saturated heterocycles. The number of rotatable bonds is 3. The number of pyridine rings is 1. The van der Waals surface area contributed by atoms with Crippen molar-refractivity contribution in [1.82, 2.24) is 4.98 Å².